The minimum Gasteiger partial charge on any atom is -0.465 e. The van der Waals surface area contributed by atoms with Gasteiger partial charge in [0.25, 0.3) is 0 Å². The molecule has 0 aliphatic heterocycles. The Labute approximate surface area is 122 Å². The highest BCUT2D eigenvalue weighted by Crippen LogP contribution is 2.16. The zero-order valence-corrected chi connectivity index (χ0v) is 13.8. The Morgan fingerprint density at radius 3 is 1.80 bits per heavy atom. The van der Waals surface area contributed by atoms with Crippen molar-refractivity contribution < 1.29 is 19.1 Å². The minimum absolute atomic E-state index is 0.204. The van der Waals surface area contributed by atoms with E-state index in [9.17, 15) is 9.59 Å². The number of hydrogen-bond acceptors (Lipinski definition) is 4. The van der Waals surface area contributed by atoms with Crippen LogP contribution >= 0.6 is 0 Å². The van der Waals surface area contributed by atoms with Crippen LogP contribution in [0.15, 0.2) is 11.6 Å². The number of ether oxygens (including phenoxy) is 2. The van der Waals surface area contributed by atoms with Gasteiger partial charge in [0.05, 0.1) is 17.4 Å². The van der Waals surface area contributed by atoms with Crippen LogP contribution in [-0.2, 0) is 19.1 Å². The van der Waals surface area contributed by atoms with E-state index in [1.807, 2.05) is 54.5 Å². The molecule has 0 saturated carbocycles. The lowest BCUT2D eigenvalue weighted by atomic mass is 9.97. The van der Waals surface area contributed by atoms with E-state index < -0.39 is 10.8 Å². The van der Waals surface area contributed by atoms with Crippen LogP contribution in [0.25, 0.3) is 0 Å². The SMILES string of the molecule is C/C(=C\COC(=O)C(C)(C)C)CCOC(=O)C(C)(C)C. The summed E-state index contributed by atoms with van der Waals surface area (Å²) in [5.41, 5.74) is 0.0811. The van der Waals surface area contributed by atoms with Gasteiger partial charge in [-0.15, -0.1) is 0 Å². The molecule has 116 valence electrons. The molecule has 0 aliphatic carbocycles. The summed E-state index contributed by atoms with van der Waals surface area (Å²) < 4.78 is 10.3. The van der Waals surface area contributed by atoms with Crippen LogP contribution in [0.3, 0.4) is 0 Å². The first-order chi connectivity index (χ1) is 8.94. The third-order valence-corrected chi connectivity index (χ3v) is 2.60. The van der Waals surface area contributed by atoms with Crippen molar-refractivity contribution >= 4 is 11.9 Å². The molecule has 4 nitrogen and oxygen atoms in total. The predicted molar refractivity (Wildman–Crippen MR) is 79.2 cm³/mol. The summed E-state index contributed by atoms with van der Waals surface area (Å²) >= 11 is 0. The summed E-state index contributed by atoms with van der Waals surface area (Å²) in [4.78, 5) is 23.1. The number of carbonyl (C=O) groups excluding carboxylic acids is 2. The fourth-order valence-corrected chi connectivity index (χ4v) is 1.10. The van der Waals surface area contributed by atoms with E-state index >= 15 is 0 Å². The van der Waals surface area contributed by atoms with Gasteiger partial charge in [0.2, 0.25) is 0 Å². The van der Waals surface area contributed by atoms with Crippen molar-refractivity contribution in [2.24, 2.45) is 10.8 Å². The second-order valence-corrected chi connectivity index (χ2v) is 7.03. The van der Waals surface area contributed by atoms with Gasteiger partial charge in [-0.1, -0.05) is 5.57 Å². The number of rotatable bonds is 5. The summed E-state index contributed by atoms with van der Waals surface area (Å²) in [7, 11) is 0. The first kappa shape index (κ1) is 18.7. The van der Waals surface area contributed by atoms with Gasteiger partial charge in [-0.25, -0.2) is 0 Å². The molecular weight excluding hydrogens is 256 g/mol. The molecule has 0 aromatic rings. The molecule has 0 aliphatic rings. The van der Waals surface area contributed by atoms with Crippen molar-refractivity contribution in [1.82, 2.24) is 0 Å². The van der Waals surface area contributed by atoms with Crippen molar-refractivity contribution in [2.75, 3.05) is 13.2 Å². The Bertz CT molecular complexity index is 367. The Morgan fingerprint density at radius 1 is 0.900 bits per heavy atom. The zero-order chi connectivity index (χ0) is 16.0. The van der Waals surface area contributed by atoms with Crippen LogP contribution in [-0.4, -0.2) is 25.2 Å². The highest BCUT2D eigenvalue weighted by molar-refractivity contribution is 5.75. The third kappa shape index (κ3) is 7.97. The van der Waals surface area contributed by atoms with Crippen molar-refractivity contribution in [2.45, 2.75) is 54.9 Å². The maximum Gasteiger partial charge on any atom is 0.311 e. The Hall–Kier alpha value is -1.32. The highest BCUT2D eigenvalue weighted by Gasteiger charge is 2.23. The van der Waals surface area contributed by atoms with E-state index in [-0.39, 0.29) is 18.5 Å². The van der Waals surface area contributed by atoms with Crippen LogP contribution in [0, 0.1) is 10.8 Å². The van der Waals surface area contributed by atoms with Gasteiger partial charge in [-0.2, -0.15) is 0 Å². The van der Waals surface area contributed by atoms with E-state index in [1.165, 1.54) is 0 Å². The summed E-state index contributed by atoms with van der Waals surface area (Å²) in [5, 5.41) is 0. The molecule has 0 aromatic heterocycles. The molecule has 0 N–H and O–H groups in total. The molecule has 0 unspecified atom stereocenters. The lowest BCUT2D eigenvalue weighted by Gasteiger charge is -2.17. The molecule has 0 aromatic carbocycles. The molecule has 0 saturated heterocycles. The molecule has 0 radical (unpaired) electrons. The molecule has 0 amide bonds. The summed E-state index contributed by atoms with van der Waals surface area (Å²) in [6.07, 6.45) is 2.49. The molecule has 20 heavy (non-hydrogen) atoms. The molecule has 0 bridgehead atoms. The van der Waals surface area contributed by atoms with Crippen molar-refractivity contribution in [3.8, 4) is 0 Å². The first-order valence-electron chi connectivity index (χ1n) is 6.94. The van der Waals surface area contributed by atoms with Crippen LogP contribution < -0.4 is 0 Å². The maximum absolute atomic E-state index is 11.5. The van der Waals surface area contributed by atoms with Gasteiger partial charge in [-0.05, 0) is 54.5 Å². The largest absolute Gasteiger partial charge is 0.465 e. The molecule has 0 heterocycles. The van der Waals surface area contributed by atoms with Gasteiger partial charge in [0.15, 0.2) is 0 Å². The topological polar surface area (TPSA) is 52.6 Å². The van der Waals surface area contributed by atoms with Crippen molar-refractivity contribution in [3.05, 3.63) is 11.6 Å². The number of hydrogen-bond donors (Lipinski definition) is 0. The minimum atomic E-state index is -0.482. The summed E-state index contributed by atoms with van der Waals surface area (Å²) in [6, 6.07) is 0. The van der Waals surface area contributed by atoms with Crippen molar-refractivity contribution in [1.29, 1.82) is 0 Å². The Morgan fingerprint density at radius 2 is 1.35 bits per heavy atom. The highest BCUT2D eigenvalue weighted by atomic mass is 16.5. The third-order valence-electron chi connectivity index (χ3n) is 2.60. The zero-order valence-electron chi connectivity index (χ0n) is 13.8. The fraction of sp³-hybridized carbons (Fsp3) is 0.750. The molecule has 0 atom stereocenters. The van der Waals surface area contributed by atoms with Crippen LogP contribution in [0.1, 0.15) is 54.9 Å². The van der Waals surface area contributed by atoms with E-state index in [4.69, 9.17) is 9.47 Å². The van der Waals surface area contributed by atoms with E-state index in [0.29, 0.717) is 13.0 Å². The lowest BCUT2D eigenvalue weighted by Crippen LogP contribution is -2.23. The Balaban J connectivity index is 4.00. The van der Waals surface area contributed by atoms with Crippen LogP contribution in [0.4, 0.5) is 0 Å². The van der Waals surface area contributed by atoms with Gasteiger partial charge in [0, 0.05) is 6.42 Å². The molecule has 0 fully saturated rings. The first-order valence-corrected chi connectivity index (χ1v) is 6.94. The molecule has 0 spiro atoms. The fourth-order valence-electron chi connectivity index (χ4n) is 1.10. The van der Waals surface area contributed by atoms with E-state index in [2.05, 4.69) is 0 Å². The average molecular weight is 284 g/mol. The van der Waals surface area contributed by atoms with E-state index in [0.717, 1.165) is 5.57 Å². The van der Waals surface area contributed by atoms with Crippen LogP contribution in [0.2, 0.25) is 0 Å². The monoisotopic (exact) mass is 284 g/mol. The average Bonchev–Trinajstić information content (AvgIpc) is 2.26. The smallest absolute Gasteiger partial charge is 0.311 e. The second kappa shape index (κ2) is 7.46. The van der Waals surface area contributed by atoms with Crippen molar-refractivity contribution in [3.63, 3.8) is 0 Å². The van der Waals surface area contributed by atoms with Gasteiger partial charge in [-0.3, -0.25) is 9.59 Å². The van der Waals surface area contributed by atoms with Crippen LogP contribution in [0.5, 0.6) is 0 Å². The molecule has 0 rings (SSSR count). The number of esters is 2. The Kier molecular flexibility index (Phi) is 6.97. The lowest BCUT2D eigenvalue weighted by molar-refractivity contribution is -0.153. The molecule has 4 heteroatoms. The normalized spacial score (nSPS) is 13.1. The standard InChI is InChI=1S/C16H28O4/c1-12(8-10-19-13(17)15(2,3)4)9-11-20-14(18)16(5,6)7/h8H,9-11H2,1-7H3/b12-8+. The molecular formula is C16H28O4. The summed E-state index contributed by atoms with van der Waals surface area (Å²) in [6.45, 7) is 13.5. The predicted octanol–water partition coefficient (Wildman–Crippen LogP) is 3.50. The number of carbonyl (C=O) groups is 2. The van der Waals surface area contributed by atoms with E-state index in [1.54, 1.807) is 0 Å². The van der Waals surface area contributed by atoms with Gasteiger partial charge < -0.3 is 9.47 Å². The quantitative estimate of drug-likeness (QED) is 0.572. The van der Waals surface area contributed by atoms with Gasteiger partial charge in [0.1, 0.15) is 6.61 Å². The maximum atomic E-state index is 11.5. The second-order valence-electron chi connectivity index (χ2n) is 7.03. The summed E-state index contributed by atoms with van der Waals surface area (Å²) in [5.74, 6) is -0.426. The van der Waals surface area contributed by atoms with Gasteiger partial charge >= 0.3 is 11.9 Å².